The molecule has 0 spiro atoms. The van der Waals surface area contributed by atoms with Crippen molar-refractivity contribution in [2.45, 2.75) is 64.3 Å². The van der Waals surface area contributed by atoms with Crippen molar-refractivity contribution in [1.29, 1.82) is 0 Å². The van der Waals surface area contributed by atoms with Crippen molar-refractivity contribution in [3.8, 4) is 0 Å². The van der Waals surface area contributed by atoms with Crippen molar-refractivity contribution in [3.05, 3.63) is 35.4 Å². The van der Waals surface area contributed by atoms with E-state index >= 15 is 0 Å². The maximum atomic E-state index is 13.5. The minimum absolute atomic E-state index is 0.0611. The molecule has 4 fully saturated rings. The molecule has 138 valence electrons. The number of fused-ring (bicyclic) bond motifs is 1. The molecule has 1 aromatic carbocycles. The fraction of sp³-hybridized carbons (Fsp3) is 0.609. The summed E-state index contributed by atoms with van der Waals surface area (Å²) < 4.78 is 0. The van der Waals surface area contributed by atoms with Gasteiger partial charge in [0.25, 0.3) is 0 Å². The summed E-state index contributed by atoms with van der Waals surface area (Å²) in [5, 5.41) is 3.63. The smallest absolute Gasteiger partial charge is 0.163 e. The molecule has 3 heteroatoms. The predicted octanol–water partition coefficient (Wildman–Crippen LogP) is 4.32. The maximum absolute atomic E-state index is 13.5. The van der Waals surface area contributed by atoms with Gasteiger partial charge in [-0.1, -0.05) is 6.07 Å². The summed E-state index contributed by atoms with van der Waals surface area (Å²) in [5.41, 5.74) is 10.1. The summed E-state index contributed by atoms with van der Waals surface area (Å²) in [6.45, 7) is 4.39. The molecule has 6 rings (SSSR count). The number of ketones is 1. The number of nitrogen functional groups attached to an aromatic ring is 1. The zero-order valence-corrected chi connectivity index (χ0v) is 16.0. The van der Waals surface area contributed by atoms with Crippen LogP contribution in [0, 0.1) is 23.2 Å². The largest absolute Gasteiger partial charge is 0.399 e. The number of anilines is 1. The van der Waals surface area contributed by atoms with Crippen molar-refractivity contribution in [3.63, 3.8) is 0 Å². The second-order valence-electron chi connectivity index (χ2n) is 10.2. The lowest BCUT2D eigenvalue weighted by molar-refractivity contribution is -0.138. The molecule has 1 aliphatic heterocycles. The van der Waals surface area contributed by atoms with E-state index in [0.29, 0.717) is 5.78 Å². The summed E-state index contributed by atoms with van der Waals surface area (Å²) in [4.78, 5) is 13.5. The van der Waals surface area contributed by atoms with Crippen LogP contribution >= 0.6 is 0 Å². The molecule has 5 aliphatic rings. The molecular formula is C23H30N2O. The van der Waals surface area contributed by atoms with Crippen LogP contribution in [0.3, 0.4) is 0 Å². The van der Waals surface area contributed by atoms with Gasteiger partial charge < -0.3 is 11.1 Å². The highest BCUT2D eigenvalue weighted by Crippen LogP contribution is 2.60. The zero-order valence-electron chi connectivity index (χ0n) is 16.0. The third-order valence-corrected chi connectivity index (χ3v) is 7.36. The van der Waals surface area contributed by atoms with Gasteiger partial charge in [0.1, 0.15) is 0 Å². The first-order valence-corrected chi connectivity index (χ1v) is 10.3. The van der Waals surface area contributed by atoms with Crippen molar-refractivity contribution in [1.82, 2.24) is 5.32 Å². The SMILES string of the molecule is CC1(C)Cc2cc(N)ccc2/C(=C\C(=O)C23CC4CC(CC(C4)C2)C3)N1. The maximum Gasteiger partial charge on any atom is 0.163 e. The first-order chi connectivity index (χ1) is 12.3. The topological polar surface area (TPSA) is 55.1 Å². The highest BCUT2D eigenvalue weighted by molar-refractivity contribution is 6.01. The molecule has 0 amide bonds. The van der Waals surface area contributed by atoms with Gasteiger partial charge in [-0.25, -0.2) is 0 Å². The summed E-state index contributed by atoms with van der Waals surface area (Å²) in [5.74, 6) is 2.77. The zero-order chi connectivity index (χ0) is 18.1. The van der Waals surface area contributed by atoms with Crippen molar-refractivity contribution >= 4 is 17.2 Å². The van der Waals surface area contributed by atoms with E-state index in [4.69, 9.17) is 5.73 Å². The molecule has 1 heterocycles. The number of allylic oxidation sites excluding steroid dienone is 1. The van der Waals surface area contributed by atoms with Gasteiger partial charge in [0.2, 0.25) is 0 Å². The number of rotatable bonds is 2. The number of benzene rings is 1. The van der Waals surface area contributed by atoms with Crippen LogP contribution in [0.15, 0.2) is 24.3 Å². The Morgan fingerprint density at radius 1 is 1.12 bits per heavy atom. The molecular weight excluding hydrogens is 320 g/mol. The monoisotopic (exact) mass is 350 g/mol. The van der Waals surface area contributed by atoms with Crippen LogP contribution in [0.5, 0.6) is 0 Å². The van der Waals surface area contributed by atoms with Crippen molar-refractivity contribution in [2.24, 2.45) is 23.2 Å². The molecule has 0 aromatic heterocycles. The number of carbonyl (C=O) groups is 1. The molecule has 1 aromatic rings. The summed E-state index contributed by atoms with van der Waals surface area (Å²) in [7, 11) is 0. The third kappa shape index (κ3) is 2.59. The fourth-order valence-electron chi connectivity index (χ4n) is 6.79. The Labute approximate surface area is 156 Å². The van der Waals surface area contributed by atoms with Crippen molar-refractivity contribution < 1.29 is 4.79 Å². The molecule has 4 saturated carbocycles. The molecule has 4 aliphatic carbocycles. The molecule has 0 unspecified atom stereocenters. The van der Waals surface area contributed by atoms with E-state index in [1.807, 2.05) is 12.1 Å². The van der Waals surface area contributed by atoms with Crippen LogP contribution in [0.25, 0.3) is 5.70 Å². The average molecular weight is 351 g/mol. The molecule has 3 nitrogen and oxygen atoms in total. The fourth-order valence-corrected chi connectivity index (χ4v) is 6.79. The molecule has 4 bridgehead atoms. The number of nitrogens with two attached hydrogens (primary N) is 1. The van der Waals surface area contributed by atoms with E-state index in [0.717, 1.165) is 60.4 Å². The second kappa shape index (κ2) is 5.37. The van der Waals surface area contributed by atoms with Crippen LogP contribution in [0.2, 0.25) is 0 Å². The first-order valence-electron chi connectivity index (χ1n) is 10.3. The normalized spacial score (nSPS) is 38.1. The van der Waals surface area contributed by atoms with E-state index in [1.165, 1.54) is 24.8 Å². The number of hydrogen-bond acceptors (Lipinski definition) is 3. The first kappa shape index (κ1) is 16.4. The Balaban J connectivity index is 1.51. The number of nitrogens with one attached hydrogen (secondary N) is 1. The Bertz CT molecular complexity index is 769. The Kier molecular flexibility index (Phi) is 3.39. The minimum Gasteiger partial charge on any atom is -0.399 e. The Morgan fingerprint density at radius 3 is 2.35 bits per heavy atom. The van der Waals surface area contributed by atoms with Crippen LogP contribution in [-0.4, -0.2) is 11.3 Å². The highest BCUT2D eigenvalue weighted by Gasteiger charge is 2.53. The lowest BCUT2D eigenvalue weighted by atomic mass is 9.48. The third-order valence-electron chi connectivity index (χ3n) is 7.36. The van der Waals surface area contributed by atoms with E-state index in [1.54, 1.807) is 0 Å². The molecule has 0 radical (unpaired) electrons. The molecule has 0 atom stereocenters. The van der Waals surface area contributed by atoms with Crippen LogP contribution in [-0.2, 0) is 11.2 Å². The van der Waals surface area contributed by atoms with Gasteiger partial charge in [0.05, 0.1) is 0 Å². The van der Waals surface area contributed by atoms with Gasteiger partial charge in [-0.05, 0) is 94.2 Å². The summed E-state index contributed by atoms with van der Waals surface area (Å²) in [6.07, 6.45) is 10.4. The van der Waals surface area contributed by atoms with E-state index in [2.05, 4.69) is 31.3 Å². The highest BCUT2D eigenvalue weighted by atomic mass is 16.1. The molecule has 0 saturated heterocycles. The van der Waals surface area contributed by atoms with Crippen molar-refractivity contribution in [2.75, 3.05) is 5.73 Å². The van der Waals surface area contributed by atoms with Crippen LogP contribution in [0.4, 0.5) is 5.69 Å². The van der Waals surface area contributed by atoms with Gasteiger partial charge in [0, 0.05) is 34.0 Å². The molecule has 26 heavy (non-hydrogen) atoms. The summed E-state index contributed by atoms with van der Waals surface area (Å²) >= 11 is 0. The van der Waals surface area contributed by atoms with Crippen LogP contribution < -0.4 is 11.1 Å². The van der Waals surface area contributed by atoms with Gasteiger partial charge in [0.15, 0.2) is 5.78 Å². The van der Waals surface area contributed by atoms with Gasteiger partial charge in [-0.2, -0.15) is 0 Å². The second-order valence-corrected chi connectivity index (χ2v) is 10.2. The van der Waals surface area contributed by atoms with Gasteiger partial charge in [-0.3, -0.25) is 4.79 Å². The lowest BCUT2D eigenvalue weighted by Crippen LogP contribution is -2.50. The van der Waals surface area contributed by atoms with Gasteiger partial charge in [-0.15, -0.1) is 0 Å². The van der Waals surface area contributed by atoms with E-state index < -0.39 is 0 Å². The molecule has 3 N–H and O–H groups in total. The quantitative estimate of drug-likeness (QED) is 0.617. The Morgan fingerprint density at radius 2 is 1.73 bits per heavy atom. The minimum atomic E-state index is -0.0704. The van der Waals surface area contributed by atoms with Gasteiger partial charge >= 0.3 is 0 Å². The number of hydrogen-bond donors (Lipinski definition) is 2. The standard InChI is InChI=1S/C23H30N2O/c1-22(2)13-17-8-18(24)3-4-19(17)20(25-22)9-21(26)23-10-14-5-15(11-23)7-16(6-14)12-23/h3-4,8-9,14-16,25H,5-7,10-13,24H2,1-2H3/b20-9+. The van der Waals surface area contributed by atoms with E-state index in [9.17, 15) is 4.79 Å². The van der Waals surface area contributed by atoms with Crippen LogP contribution in [0.1, 0.15) is 63.5 Å². The summed E-state index contributed by atoms with van der Waals surface area (Å²) in [6, 6.07) is 6.09. The lowest BCUT2D eigenvalue weighted by Gasteiger charge is -2.55. The average Bonchev–Trinajstić information content (AvgIpc) is 2.51. The Hall–Kier alpha value is -1.77. The van der Waals surface area contributed by atoms with E-state index in [-0.39, 0.29) is 11.0 Å². The number of carbonyl (C=O) groups excluding carboxylic acids is 1. The predicted molar refractivity (Wildman–Crippen MR) is 105 cm³/mol.